The highest BCUT2D eigenvalue weighted by Gasteiger charge is 2.52. The first kappa shape index (κ1) is 34.7. The summed E-state index contributed by atoms with van der Waals surface area (Å²) in [6, 6.07) is 25.6. The van der Waals surface area contributed by atoms with Crippen LogP contribution >= 0.6 is 11.6 Å². The highest BCUT2D eigenvalue weighted by atomic mass is 35.5. The highest BCUT2D eigenvalue weighted by molar-refractivity contribution is 6.28. The number of nitrogens with one attached hydrogen (secondary N) is 1. The van der Waals surface area contributed by atoms with Crippen molar-refractivity contribution in [3.05, 3.63) is 119 Å². The molecule has 1 N–H and O–H groups in total. The molecule has 272 valence electrons. The van der Waals surface area contributed by atoms with Crippen LogP contribution in [-0.2, 0) is 18.9 Å². The first-order valence-corrected chi connectivity index (χ1v) is 18.4. The van der Waals surface area contributed by atoms with Crippen molar-refractivity contribution < 1.29 is 33.3 Å². The van der Waals surface area contributed by atoms with Crippen LogP contribution in [0.2, 0.25) is 5.28 Å². The van der Waals surface area contributed by atoms with E-state index in [9.17, 15) is 14.4 Å². The molecule has 0 spiro atoms. The molecular weight excluding hydrogens is 698 g/mol. The summed E-state index contributed by atoms with van der Waals surface area (Å²) in [5, 5.41) is 3.68. The molecule has 2 aliphatic carbocycles. The number of halogens is 1. The van der Waals surface area contributed by atoms with E-state index < -0.39 is 42.4 Å². The lowest BCUT2D eigenvalue weighted by atomic mass is 9.68. The van der Waals surface area contributed by atoms with Crippen molar-refractivity contribution in [1.82, 2.24) is 19.5 Å². The number of anilines is 1. The molecule has 12 nitrogen and oxygen atoms in total. The summed E-state index contributed by atoms with van der Waals surface area (Å²) in [5.74, 6) is -0.338. The predicted octanol–water partition coefficient (Wildman–Crippen LogP) is 7.07. The maximum Gasteiger partial charge on any atom is 0.338 e. The van der Waals surface area contributed by atoms with Gasteiger partial charge in [-0.25, -0.2) is 19.4 Å². The second kappa shape index (κ2) is 15.3. The lowest BCUT2D eigenvalue weighted by molar-refractivity contribution is -0.0606. The second-order valence-electron chi connectivity index (χ2n) is 13.7. The largest absolute Gasteiger partial charge is 0.459 e. The van der Waals surface area contributed by atoms with Gasteiger partial charge in [-0.3, -0.25) is 4.57 Å². The van der Waals surface area contributed by atoms with Crippen LogP contribution in [0.15, 0.2) is 97.3 Å². The Morgan fingerprint density at radius 1 is 0.755 bits per heavy atom. The normalized spacial score (nSPS) is 21.5. The summed E-state index contributed by atoms with van der Waals surface area (Å²) < 4.78 is 26.1. The molecule has 8 rings (SSSR count). The molecule has 2 aromatic heterocycles. The van der Waals surface area contributed by atoms with E-state index in [4.69, 9.17) is 35.5 Å². The monoisotopic (exact) mass is 735 g/mol. The second-order valence-corrected chi connectivity index (χ2v) is 14.1. The molecule has 13 heteroatoms. The molecule has 0 unspecified atom stereocenters. The SMILES string of the molecule is O=C(OC[C@H]1O[C@@H](n2cnc3c(NC(C4CCC4)C4CCC4)nc(Cl)nc32)[C@H](OC(=O)c2ccccc2)[C@@H]1OC(=O)c1ccccc1)c1ccccc1. The zero-order chi connectivity index (χ0) is 36.3. The molecule has 4 atom stereocenters. The smallest absolute Gasteiger partial charge is 0.338 e. The Bertz CT molecular complexity index is 2060. The summed E-state index contributed by atoms with van der Waals surface area (Å²) in [7, 11) is 0. The average Bonchev–Trinajstić information content (AvgIpc) is 3.70. The molecule has 1 aliphatic heterocycles. The number of rotatable bonds is 12. The third-order valence-corrected chi connectivity index (χ3v) is 10.6. The molecule has 53 heavy (non-hydrogen) atoms. The minimum absolute atomic E-state index is 0.000979. The van der Waals surface area contributed by atoms with Crippen molar-refractivity contribution >= 4 is 46.5 Å². The molecule has 0 amide bonds. The number of aromatic nitrogens is 4. The van der Waals surface area contributed by atoms with Crippen molar-refractivity contribution in [1.29, 1.82) is 0 Å². The average molecular weight is 736 g/mol. The Balaban J connectivity index is 1.16. The van der Waals surface area contributed by atoms with Crippen molar-refractivity contribution in [3.8, 4) is 0 Å². The lowest BCUT2D eigenvalue weighted by Gasteiger charge is -2.43. The fourth-order valence-electron chi connectivity index (χ4n) is 7.23. The van der Waals surface area contributed by atoms with E-state index in [1.165, 1.54) is 19.2 Å². The van der Waals surface area contributed by atoms with Crippen LogP contribution in [0.25, 0.3) is 11.2 Å². The fraction of sp³-hybridized carbons (Fsp3) is 0.350. The van der Waals surface area contributed by atoms with Crippen molar-refractivity contribution in [2.24, 2.45) is 11.8 Å². The minimum Gasteiger partial charge on any atom is -0.459 e. The van der Waals surface area contributed by atoms with Crippen LogP contribution < -0.4 is 5.32 Å². The molecule has 3 heterocycles. The van der Waals surface area contributed by atoms with Crippen molar-refractivity contribution in [2.45, 2.75) is 69.1 Å². The van der Waals surface area contributed by atoms with Gasteiger partial charge in [-0.1, -0.05) is 67.4 Å². The third-order valence-electron chi connectivity index (χ3n) is 10.5. The maximum atomic E-state index is 13.7. The Labute approximate surface area is 310 Å². The van der Waals surface area contributed by atoms with Gasteiger partial charge in [0.05, 0.1) is 23.0 Å². The first-order chi connectivity index (χ1) is 25.9. The van der Waals surface area contributed by atoms with E-state index in [0.29, 0.717) is 34.4 Å². The Morgan fingerprint density at radius 2 is 1.28 bits per heavy atom. The van der Waals surface area contributed by atoms with E-state index in [1.807, 2.05) is 0 Å². The molecule has 5 aromatic rings. The summed E-state index contributed by atoms with van der Waals surface area (Å²) in [6.45, 7) is -0.323. The Hall–Kier alpha value is -5.33. The minimum atomic E-state index is -1.24. The lowest BCUT2D eigenvalue weighted by Crippen LogP contribution is -2.42. The summed E-state index contributed by atoms with van der Waals surface area (Å²) >= 11 is 6.58. The zero-order valence-corrected chi connectivity index (χ0v) is 29.5. The van der Waals surface area contributed by atoms with Crippen molar-refractivity contribution in [2.75, 3.05) is 11.9 Å². The topological polar surface area (TPSA) is 144 Å². The van der Waals surface area contributed by atoms with Gasteiger partial charge < -0.3 is 24.3 Å². The van der Waals surface area contributed by atoms with Crippen LogP contribution in [-0.4, -0.2) is 68.4 Å². The summed E-state index contributed by atoms with van der Waals surface area (Å²) in [6.07, 6.45) is 3.93. The number of carbonyl (C=O) groups excluding carboxylic acids is 3. The quantitative estimate of drug-likeness (QED) is 0.0799. The molecule has 2 saturated carbocycles. The van der Waals surface area contributed by atoms with Gasteiger partial charge in [-0.2, -0.15) is 9.97 Å². The Morgan fingerprint density at radius 3 is 1.81 bits per heavy atom. The van der Waals surface area contributed by atoms with Gasteiger partial charge in [-0.05, 0) is 85.5 Å². The number of hydrogen-bond donors (Lipinski definition) is 1. The first-order valence-electron chi connectivity index (χ1n) is 18.0. The number of esters is 3. The van der Waals surface area contributed by atoms with Crippen LogP contribution in [0.1, 0.15) is 75.8 Å². The van der Waals surface area contributed by atoms with E-state index in [2.05, 4.69) is 15.3 Å². The van der Waals surface area contributed by atoms with Crippen molar-refractivity contribution in [3.63, 3.8) is 0 Å². The number of imidazole rings is 1. The number of benzene rings is 3. The van der Waals surface area contributed by atoms with Gasteiger partial charge in [0.1, 0.15) is 12.7 Å². The number of hydrogen-bond acceptors (Lipinski definition) is 11. The molecule has 3 aliphatic rings. The van der Waals surface area contributed by atoms with Crippen LogP contribution in [0.3, 0.4) is 0 Å². The number of nitrogens with zero attached hydrogens (tertiary/aromatic N) is 4. The maximum absolute atomic E-state index is 13.7. The number of ether oxygens (including phenoxy) is 4. The van der Waals surface area contributed by atoms with Gasteiger partial charge in [0, 0.05) is 6.04 Å². The summed E-state index contributed by atoms with van der Waals surface area (Å²) in [4.78, 5) is 54.2. The van der Waals surface area contributed by atoms with E-state index in [0.717, 1.165) is 25.7 Å². The zero-order valence-electron chi connectivity index (χ0n) is 28.8. The fourth-order valence-corrected chi connectivity index (χ4v) is 7.40. The van der Waals surface area contributed by atoms with Gasteiger partial charge in [0.25, 0.3) is 0 Å². The number of fused-ring (bicyclic) bond motifs is 1. The van der Waals surface area contributed by atoms with Gasteiger partial charge >= 0.3 is 17.9 Å². The molecule has 1 saturated heterocycles. The van der Waals surface area contributed by atoms with Crippen LogP contribution in [0, 0.1) is 11.8 Å². The highest BCUT2D eigenvalue weighted by Crippen LogP contribution is 2.43. The van der Waals surface area contributed by atoms with E-state index in [1.54, 1.807) is 95.6 Å². The third kappa shape index (κ3) is 7.34. The van der Waals surface area contributed by atoms with E-state index in [-0.39, 0.29) is 29.1 Å². The van der Waals surface area contributed by atoms with Gasteiger partial charge in [0.15, 0.2) is 35.4 Å². The van der Waals surface area contributed by atoms with Gasteiger partial charge in [0.2, 0.25) is 5.28 Å². The molecule has 0 bridgehead atoms. The number of carbonyl (C=O) groups is 3. The standard InChI is InChI=1S/C40H38ClN5O7/c41-40-44-34(43-30(24-18-10-19-24)25-20-11-21-25)31-35(45-40)46(23-42-31)36-33(53-39(49)28-16-8-3-9-17-28)32(52-38(48)27-14-6-2-7-15-27)29(51-36)22-50-37(47)26-12-4-1-5-13-26/h1-9,12-17,23-25,29-30,32-33,36H,10-11,18-22H2,(H,43,44,45)/t29-,32-,33-,36-/m1/s1. The Kier molecular flexibility index (Phi) is 10.1. The molecule has 0 radical (unpaired) electrons. The summed E-state index contributed by atoms with van der Waals surface area (Å²) in [5.41, 5.74) is 1.69. The molecule has 3 aromatic carbocycles. The van der Waals surface area contributed by atoms with Gasteiger partial charge in [-0.15, -0.1) is 0 Å². The molecule has 3 fully saturated rings. The van der Waals surface area contributed by atoms with Crippen LogP contribution in [0.5, 0.6) is 0 Å². The van der Waals surface area contributed by atoms with E-state index >= 15 is 0 Å². The van der Waals surface area contributed by atoms with Crippen LogP contribution in [0.4, 0.5) is 5.82 Å². The predicted molar refractivity (Wildman–Crippen MR) is 194 cm³/mol. The molecular formula is C40H38ClN5O7.